The Bertz CT molecular complexity index is 429. The van der Waals surface area contributed by atoms with Gasteiger partial charge in [-0.05, 0) is 30.7 Å². The monoisotopic (exact) mass is 267 g/mol. The molecule has 0 aromatic heterocycles. The summed E-state index contributed by atoms with van der Waals surface area (Å²) in [6, 6.07) is 6.02. The molecule has 0 saturated heterocycles. The molecule has 1 rings (SSSR count). The molecule has 0 spiro atoms. The van der Waals surface area contributed by atoms with Crippen molar-refractivity contribution in [3.8, 4) is 5.75 Å². The summed E-state index contributed by atoms with van der Waals surface area (Å²) in [5.74, 6) is -0.610. The zero-order valence-electron chi connectivity index (χ0n) is 10.5. The molecule has 6 nitrogen and oxygen atoms in total. The molecule has 6 heteroatoms. The number of phenols is 1. The summed E-state index contributed by atoms with van der Waals surface area (Å²) in [7, 11) is 0. The maximum absolute atomic E-state index is 10.9. The molecule has 104 valence electrons. The number of carbonyl (C=O) groups excluding carboxylic acids is 1. The minimum absolute atomic E-state index is 0.0964. The van der Waals surface area contributed by atoms with E-state index in [-0.39, 0.29) is 5.75 Å². The molecule has 1 amide bonds. The van der Waals surface area contributed by atoms with E-state index in [1.165, 1.54) is 23.7 Å². The van der Waals surface area contributed by atoms with Gasteiger partial charge in [0, 0.05) is 12.7 Å². The number of rotatable bonds is 6. The zero-order chi connectivity index (χ0) is 14.3. The Morgan fingerprint density at radius 2 is 2.05 bits per heavy atom. The van der Waals surface area contributed by atoms with Gasteiger partial charge in [0.15, 0.2) is 0 Å². The normalized spacial score (nSPS) is 14.3. The van der Waals surface area contributed by atoms with Gasteiger partial charge in [0.05, 0.1) is 0 Å². The molecular weight excluding hydrogens is 250 g/mol. The molecule has 0 saturated carbocycles. The Hall–Kier alpha value is -1.89. The number of hydrogen-bond donors (Lipinski definition) is 4. The van der Waals surface area contributed by atoms with Crippen LogP contribution in [0.25, 0.3) is 0 Å². The smallest absolute Gasteiger partial charge is 0.267 e. The number of amides is 1. The van der Waals surface area contributed by atoms with Crippen molar-refractivity contribution in [2.45, 2.75) is 19.1 Å². The molecule has 0 fully saturated rings. The summed E-state index contributed by atoms with van der Waals surface area (Å²) in [6.45, 7) is 2.11. The average molecular weight is 267 g/mol. The number of aliphatic hydroxyl groups excluding tert-OH is 1. The molecule has 1 aromatic carbocycles. The number of ether oxygens (including phenoxy) is 1. The van der Waals surface area contributed by atoms with Gasteiger partial charge < -0.3 is 14.9 Å². The maximum Gasteiger partial charge on any atom is 0.267 e. The van der Waals surface area contributed by atoms with E-state index in [1.54, 1.807) is 19.1 Å². The van der Waals surface area contributed by atoms with Crippen molar-refractivity contribution in [1.82, 2.24) is 5.48 Å². The fourth-order valence-corrected chi connectivity index (χ4v) is 1.53. The average Bonchev–Trinajstić information content (AvgIpc) is 2.43. The highest BCUT2D eigenvalue weighted by Crippen LogP contribution is 2.22. The highest BCUT2D eigenvalue weighted by atomic mass is 16.5. The Morgan fingerprint density at radius 1 is 1.42 bits per heavy atom. The van der Waals surface area contributed by atoms with Crippen molar-refractivity contribution in [3.63, 3.8) is 0 Å². The first-order valence-corrected chi connectivity index (χ1v) is 5.79. The van der Waals surface area contributed by atoms with Crippen LogP contribution in [0.3, 0.4) is 0 Å². The third kappa shape index (κ3) is 4.70. The number of aromatic hydroxyl groups is 1. The van der Waals surface area contributed by atoms with E-state index in [2.05, 4.69) is 0 Å². The molecule has 0 heterocycles. The Kier molecular flexibility index (Phi) is 6.01. The number of hydrogen-bond acceptors (Lipinski definition) is 5. The summed E-state index contributed by atoms with van der Waals surface area (Å²) in [5, 5.41) is 27.7. The summed E-state index contributed by atoms with van der Waals surface area (Å²) in [5.41, 5.74) is 2.00. The van der Waals surface area contributed by atoms with Crippen LogP contribution in [0.1, 0.15) is 18.6 Å². The van der Waals surface area contributed by atoms with Gasteiger partial charge in [-0.3, -0.25) is 10.0 Å². The molecule has 0 bridgehead atoms. The lowest BCUT2D eigenvalue weighted by Gasteiger charge is -2.20. The van der Waals surface area contributed by atoms with E-state index in [0.717, 1.165) is 6.08 Å². The largest absolute Gasteiger partial charge is 0.508 e. The minimum Gasteiger partial charge on any atom is -0.508 e. The maximum atomic E-state index is 10.9. The Labute approximate surface area is 110 Å². The van der Waals surface area contributed by atoms with E-state index in [4.69, 9.17) is 9.94 Å². The molecule has 0 aliphatic rings. The van der Waals surface area contributed by atoms with Crippen LogP contribution in [0.2, 0.25) is 0 Å². The van der Waals surface area contributed by atoms with Gasteiger partial charge in [0.1, 0.15) is 18.0 Å². The number of nitrogens with one attached hydrogen (secondary N) is 1. The van der Waals surface area contributed by atoms with E-state index < -0.39 is 18.1 Å². The van der Waals surface area contributed by atoms with Crippen LogP contribution >= 0.6 is 0 Å². The SMILES string of the molecule is CCO[C@H](/C=C/C(=O)NO)[C@H](O)c1ccc(O)cc1. The first-order valence-electron chi connectivity index (χ1n) is 5.79. The lowest BCUT2D eigenvalue weighted by molar-refractivity contribution is -0.124. The van der Waals surface area contributed by atoms with Gasteiger partial charge in [-0.2, -0.15) is 0 Å². The minimum atomic E-state index is -0.983. The first kappa shape index (κ1) is 15.2. The Morgan fingerprint density at radius 3 is 2.58 bits per heavy atom. The molecule has 0 aliphatic carbocycles. The molecule has 4 N–H and O–H groups in total. The second-order valence-corrected chi connectivity index (χ2v) is 3.79. The molecule has 2 atom stereocenters. The van der Waals surface area contributed by atoms with Gasteiger partial charge >= 0.3 is 0 Å². The summed E-state index contributed by atoms with van der Waals surface area (Å²) in [4.78, 5) is 10.9. The quantitative estimate of drug-likeness (QED) is 0.348. The molecule has 0 unspecified atom stereocenters. The van der Waals surface area contributed by atoms with Gasteiger partial charge in [-0.1, -0.05) is 12.1 Å². The molecule has 0 aliphatic heterocycles. The number of hydroxylamine groups is 1. The standard InChI is InChI=1S/C13H17NO5/c1-2-19-11(7-8-12(16)14-18)13(17)9-3-5-10(15)6-4-9/h3-8,11,13,15,17-18H,2H2,1H3,(H,14,16)/b8-7+/t11-,13-/m1/s1. The number of phenolic OH excluding ortho intramolecular Hbond substituents is 1. The fourth-order valence-electron chi connectivity index (χ4n) is 1.53. The highest BCUT2D eigenvalue weighted by Gasteiger charge is 2.19. The van der Waals surface area contributed by atoms with E-state index in [0.29, 0.717) is 12.2 Å². The van der Waals surface area contributed by atoms with Gasteiger partial charge in [0.2, 0.25) is 0 Å². The summed E-state index contributed by atoms with van der Waals surface area (Å²) in [6.07, 6.45) is 0.714. The van der Waals surface area contributed by atoms with Crippen molar-refractivity contribution in [3.05, 3.63) is 42.0 Å². The van der Waals surface area contributed by atoms with Gasteiger partial charge in [-0.15, -0.1) is 0 Å². The third-order valence-electron chi connectivity index (χ3n) is 2.45. The summed E-state index contributed by atoms with van der Waals surface area (Å²) >= 11 is 0. The predicted molar refractivity (Wildman–Crippen MR) is 67.5 cm³/mol. The number of benzene rings is 1. The van der Waals surface area contributed by atoms with Gasteiger partial charge in [-0.25, -0.2) is 5.48 Å². The summed E-state index contributed by atoms with van der Waals surface area (Å²) < 4.78 is 5.32. The van der Waals surface area contributed by atoms with Crippen LogP contribution in [-0.4, -0.2) is 34.0 Å². The van der Waals surface area contributed by atoms with Crippen LogP contribution in [0, 0.1) is 0 Å². The predicted octanol–water partition coefficient (Wildman–Crippen LogP) is 0.892. The van der Waals surface area contributed by atoms with Crippen molar-refractivity contribution >= 4 is 5.91 Å². The van der Waals surface area contributed by atoms with E-state index in [1.807, 2.05) is 0 Å². The van der Waals surface area contributed by atoms with Crippen LogP contribution < -0.4 is 5.48 Å². The fraction of sp³-hybridized carbons (Fsp3) is 0.308. The van der Waals surface area contributed by atoms with Crippen LogP contribution in [-0.2, 0) is 9.53 Å². The second kappa shape index (κ2) is 7.52. The van der Waals surface area contributed by atoms with Crippen LogP contribution in [0.4, 0.5) is 0 Å². The molecule has 0 radical (unpaired) electrons. The topological polar surface area (TPSA) is 99.0 Å². The van der Waals surface area contributed by atoms with Gasteiger partial charge in [0.25, 0.3) is 5.91 Å². The third-order valence-corrected chi connectivity index (χ3v) is 2.45. The lowest BCUT2D eigenvalue weighted by Crippen LogP contribution is -2.22. The molecular formula is C13H17NO5. The van der Waals surface area contributed by atoms with E-state index in [9.17, 15) is 15.0 Å². The first-order chi connectivity index (χ1) is 9.08. The molecule has 1 aromatic rings. The van der Waals surface area contributed by atoms with Crippen molar-refractivity contribution in [2.24, 2.45) is 0 Å². The zero-order valence-corrected chi connectivity index (χ0v) is 10.5. The second-order valence-electron chi connectivity index (χ2n) is 3.79. The lowest BCUT2D eigenvalue weighted by atomic mass is 10.0. The molecule has 19 heavy (non-hydrogen) atoms. The van der Waals surface area contributed by atoms with Crippen molar-refractivity contribution in [2.75, 3.05) is 6.61 Å². The van der Waals surface area contributed by atoms with Crippen LogP contribution in [0.15, 0.2) is 36.4 Å². The Balaban J connectivity index is 2.82. The number of carbonyl (C=O) groups is 1. The van der Waals surface area contributed by atoms with Crippen molar-refractivity contribution in [1.29, 1.82) is 0 Å². The van der Waals surface area contributed by atoms with Crippen LogP contribution in [0.5, 0.6) is 5.75 Å². The van der Waals surface area contributed by atoms with Crippen molar-refractivity contribution < 1.29 is 25.0 Å². The van der Waals surface area contributed by atoms with E-state index >= 15 is 0 Å². The highest BCUT2D eigenvalue weighted by molar-refractivity contribution is 5.86. The number of aliphatic hydroxyl groups is 1.